The first-order valence-corrected chi connectivity index (χ1v) is 11.6. The van der Waals surface area contributed by atoms with Crippen molar-refractivity contribution in [2.75, 3.05) is 6.54 Å². The van der Waals surface area contributed by atoms with Gasteiger partial charge < -0.3 is 15.8 Å². The molecule has 0 radical (unpaired) electrons. The van der Waals surface area contributed by atoms with E-state index in [4.69, 9.17) is 10.5 Å². The average molecular weight is 469 g/mol. The highest BCUT2D eigenvalue weighted by Crippen LogP contribution is 2.21. The number of carbonyl (C=O) groups excluding carboxylic acids is 2. The van der Waals surface area contributed by atoms with Crippen molar-refractivity contribution in [2.45, 2.75) is 25.9 Å². The minimum Gasteiger partial charge on any atom is -0.489 e. The molecule has 0 aliphatic heterocycles. The summed E-state index contributed by atoms with van der Waals surface area (Å²) >= 11 is 0. The Bertz CT molecular complexity index is 1270. The predicted octanol–water partition coefficient (Wildman–Crippen LogP) is 4.81. The van der Waals surface area contributed by atoms with Gasteiger partial charge in [-0.3, -0.25) is 9.36 Å². The molecule has 4 rings (SSSR count). The van der Waals surface area contributed by atoms with Crippen LogP contribution in [0.1, 0.15) is 34.3 Å². The molecule has 7 heteroatoms. The molecule has 0 spiro atoms. The number of ether oxygens (including phenoxy) is 1. The molecule has 0 unspecified atom stereocenters. The largest absolute Gasteiger partial charge is 0.489 e. The number of aryl methyl sites for hydroxylation is 1. The number of unbranched alkanes of at least 4 members (excludes halogenated alkanes) is 1. The van der Waals surface area contributed by atoms with E-state index in [2.05, 4.69) is 22.4 Å². The lowest BCUT2D eigenvalue weighted by Crippen LogP contribution is -2.28. The number of nitrogens with two attached hydrogens (primary N) is 1. The lowest BCUT2D eigenvalue weighted by molar-refractivity contribution is 0.1000. The van der Waals surface area contributed by atoms with E-state index in [1.165, 1.54) is 16.5 Å². The number of nitrogens with zero attached hydrogens (tertiary/aromatic N) is 2. The van der Waals surface area contributed by atoms with Crippen LogP contribution in [0.25, 0.3) is 11.3 Å². The lowest BCUT2D eigenvalue weighted by atomic mass is 10.1. The highest BCUT2D eigenvalue weighted by molar-refractivity contribution is 5.92. The number of hydrogen-bond donors (Lipinski definition) is 2. The summed E-state index contributed by atoms with van der Waals surface area (Å²) in [6, 6.07) is 24.7. The minimum absolute atomic E-state index is 0.193. The second-order valence-corrected chi connectivity index (χ2v) is 8.22. The number of benzene rings is 3. The monoisotopic (exact) mass is 468 g/mol. The summed E-state index contributed by atoms with van der Waals surface area (Å²) in [4.78, 5) is 28.1. The third-order valence-electron chi connectivity index (χ3n) is 5.60. The van der Waals surface area contributed by atoms with E-state index in [1.54, 1.807) is 24.4 Å². The number of carbonyl (C=O) groups is 2. The van der Waals surface area contributed by atoms with Gasteiger partial charge in [0.15, 0.2) is 0 Å². The number of amides is 2. The molecule has 7 nitrogen and oxygen atoms in total. The van der Waals surface area contributed by atoms with Gasteiger partial charge in [-0.15, -0.1) is 0 Å². The first-order valence-electron chi connectivity index (χ1n) is 11.6. The van der Waals surface area contributed by atoms with Crippen LogP contribution in [0.5, 0.6) is 5.75 Å². The molecule has 3 aromatic carbocycles. The zero-order chi connectivity index (χ0) is 24.5. The van der Waals surface area contributed by atoms with Crippen molar-refractivity contribution in [2.24, 2.45) is 5.73 Å². The van der Waals surface area contributed by atoms with E-state index in [0.717, 1.165) is 30.4 Å². The summed E-state index contributed by atoms with van der Waals surface area (Å²) in [5.74, 6) is 0.221. The smallest absolute Gasteiger partial charge is 0.326 e. The van der Waals surface area contributed by atoms with E-state index in [-0.39, 0.29) is 6.03 Å². The molecule has 0 atom stereocenters. The van der Waals surface area contributed by atoms with Gasteiger partial charge in [0.25, 0.3) is 0 Å². The topological polar surface area (TPSA) is 99.2 Å². The zero-order valence-corrected chi connectivity index (χ0v) is 19.4. The number of rotatable bonds is 10. The van der Waals surface area contributed by atoms with Crippen molar-refractivity contribution < 1.29 is 14.3 Å². The van der Waals surface area contributed by atoms with Crippen molar-refractivity contribution in [3.05, 3.63) is 108 Å². The van der Waals surface area contributed by atoms with Crippen LogP contribution in [0.3, 0.4) is 0 Å². The van der Waals surface area contributed by atoms with Gasteiger partial charge in [0.1, 0.15) is 18.7 Å². The summed E-state index contributed by atoms with van der Waals surface area (Å²) < 4.78 is 7.27. The van der Waals surface area contributed by atoms with E-state index in [1.807, 2.05) is 48.5 Å². The molecule has 2 amide bonds. The Labute approximate surface area is 204 Å². The standard InChI is InChI=1S/C28H28N4O3/c29-27(33)24-11-6-10-22(17-24)19-35-25-14-12-23(13-15-25)26-18-32(20-31-26)28(34)30-16-5-4-9-21-7-2-1-3-8-21/h1-3,6-8,10-15,17-18,20H,4-5,9,16,19H2,(H2,29,33)(H,30,34). The van der Waals surface area contributed by atoms with Crippen molar-refractivity contribution >= 4 is 11.9 Å². The van der Waals surface area contributed by atoms with Crippen LogP contribution in [0.4, 0.5) is 4.79 Å². The third-order valence-corrected chi connectivity index (χ3v) is 5.60. The second-order valence-electron chi connectivity index (χ2n) is 8.22. The summed E-state index contributed by atoms with van der Waals surface area (Å²) in [7, 11) is 0. The Morgan fingerprint density at radius 3 is 2.46 bits per heavy atom. The van der Waals surface area contributed by atoms with Gasteiger partial charge in [-0.2, -0.15) is 0 Å². The lowest BCUT2D eigenvalue weighted by Gasteiger charge is -2.08. The molecule has 4 aromatic rings. The molecule has 1 heterocycles. The number of nitrogens with one attached hydrogen (secondary N) is 1. The summed E-state index contributed by atoms with van der Waals surface area (Å²) in [6.07, 6.45) is 6.17. The molecule has 3 N–H and O–H groups in total. The normalized spacial score (nSPS) is 10.6. The fourth-order valence-electron chi connectivity index (χ4n) is 3.67. The van der Waals surface area contributed by atoms with Crippen molar-refractivity contribution in [1.29, 1.82) is 0 Å². The molecule has 0 aliphatic rings. The fraction of sp³-hybridized carbons (Fsp3) is 0.179. The summed E-state index contributed by atoms with van der Waals surface area (Å²) in [6.45, 7) is 0.939. The van der Waals surface area contributed by atoms with Gasteiger partial charge in [-0.05, 0) is 66.8 Å². The summed E-state index contributed by atoms with van der Waals surface area (Å²) in [5, 5.41) is 2.94. The predicted molar refractivity (Wildman–Crippen MR) is 135 cm³/mol. The van der Waals surface area contributed by atoms with Crippen LogP contribution in [-0.2, 0) is 13.0 Å². The van der Waals surface area contributed by atoms with Gasteiger partial charge in [0.2, 0.25) is 5.91 Å². The molecule has 0 fully saturated rings. The molecule has 35 heavy (non-hydrogen) atoms. The van der Waals surface area contributed by atoms with Crippen LogP contribution >= 0.6 is 0 Å². The highest BCUT2D eigenvalue weighted by atomic mass is 16.5. The quantitative estimate of drug-likeness (QED) is 0.326. The molecule has 0 bridgehead atoms. The number of hydrogen-bond acceptors (Lipinski definition) is 4. The zero-order valence-electron chi connectivity index (χ0n) is 19.4. The van der Waals surface area contributed by atoms with Gasteiger partial charge >= 0.3 is 6.03 Å². The molecule has 0 saturated carbocycles. The van der Waals surface area contributed by atoms with Crippen LogP contribution in [0, 0.1) is 0 Å². The summed E-state index contributed by atoms with van der Waals surface area (Å²) in [5.41, 5.74) is 9.52. The van der Waals surface area contributed by atoms with Crippen molar-refractivity contribution in [1.82, 2.24) is 14.9 Å². The Morgan fingerprint density at radius 1 is 0.914 bits per heavy atom. The number of primary amides is 1. The molecular formula is C28H28N4O3. The Balaban J connectivity index is 1.24. The Hall–Kier alpha value is -4.39. The van der Waals surface area contributed by atoms with Crippen LogP contribution in [0.2, 0.25) is 0 Å². The van der Waals surface area contributed by atoms with Gasteiger partial charge in [0, 0.05) is 23.9 Å². The SMILES string of the molecule is NC(=O)c1cccc(COc2ccc(-c3cn(C(=O)NCCCCc4ccccc4)cn3)cc2)c1. The fourth-order valence-corrected chi connectivity index (χ4v) is 3.67. The molecule has 0 saturated heterocycles. The first-order chi connectivity index (χ1) is 17.1. The van der Waals surface area contributed by atoms with Gasteiger partial charge in [-0.1, -0.05) is 42.5 Å². The average Bonchev–Trinajstić information content (AvgIpc) is 3.39. The highest BCUT2D eigenvalue weighted by Gasteiger charge is 2.08. The van der Waals surface area contributed by atoms with Crippen LogP contribution in [0.15, 0.2) is 91.4 Å². The van der Waals surface area contributed by atoms with Gasteiger partial charge in [-0.25, -0.2) is 9.78 Å². The van der Waals surface area contributed by atoms with E-state index < -0.39 is 5.91 Å². The maximum absolute atomic E-state index is 12.4. The number of aromatic nitrogens is 2. The van der Waals surface area contributed by atoms with E-state index in [9.17, 15) is 9.59 Å². The molecule has 0 aliphatic carbocycles. The minimum atomic E-state index is -0.465. The van der Waals surface area contributed by atoms with Crippen molar-refractivity contribution in [3.63, 3.8) is 0 Å². The number of imidazole rings is 1. The molecule has 178 valence electrons. The third kappa shape index (κ3) is 6.80. The van der Waals surface area contributed by atoms with E-state index in [0.29, 0.717) is 30.2 Å². The van der Waals surface area contributed by atoms with Gasteiger partial charge in [0.05, 0.1) is 5.69 Å². The maximum atomic E-state index is 12.4. The Kier molecular flexibility index (Phi) is 7.91. The second kappa shape index (κ2) is 11.7. The molecular weight excluding hydrogens is 440 g/mol. The molecule has 1 aromatic heterocycles. The Morgan fingerprint density at radius 2 is 1.69 bits per heavy atom. The van der Waals surface area contributed by atoms with E-state index >= 15 is 0 Å². The van der Waals surface area contributed by atoms with Crippen LogP contribution < -0.4 is 15.8 Å². The maximum Gasteiger partial charge on any atom is 0.326 e. The van der Waals surface area contributed by atoms with Crippen molar-refractivity contribution in [3.8, 4) is 17.0 Å². The van der Waals surface area contributed by atoms with Crippen LogP contribution in [-0.4, -0.2) is 28.0 Å². The first kappa shape index (κ1) is 23.8.